The minimum atomic E-state index is -4.25. The average Bonchev–Trinajstić information content (AvgIpc) is 3.41. The molecule has 1 aliphatic carbocycles. The summed E-state index contributed by atoms with van der Waals surface area (Å²) >= 11 is 0. The van der Waals surface area contributed by atoms with Crippen molar-refractivity contribution in [3.8, 4) is 0 Å². The highest BCUT2D eigenvalue weighted by Crippen LogP contribution is 2.44. The van der Waals surface area contributed by atoms with E-state index in [4.69, 9.17) is 0 Å². The molecule has 1 heterocycles. The van der Waals surface area contributed by atoms with Crippen molar-refractivity contribution in [2.75, 3.05) is 9.62 Å². The third-order valence-electron chi connectivity index (χ3n) is 7.78. The topological polar surface area (TPSA) is 66.5 Å². The highest BCUT2D eigenvalue weighted by Gasteiger charge is 2.41. The molecule has 7 rings (SSSR count). The maximum absolute atomic E-state index is 14.5. The van der Waals surface area contributed by atoms with E-state index in [9.17, 15) is 13.2 Å². The van der Waals surface area contributed by atoms with Gasteiger partial charge in [0.25, 0.3) is 15.9 Å². The first-order valence-corrected chi connectivity index (χ1v) is 14.8. The lowest BCUT2D eigenvalue weighted by Crippen LogP contribution is -2.39. The maximum atomic E-state index is 14.5. The summed E-state index contributed by atoms with van der Waals surface area (Å²) in [5.41, 5.74) is 6.26. The van der Waals surface area contributed by atoms with Crippen LogP contribution in [0.2, 0.25) is 0 Å². The van der Waals surface area contributed by atoms with Crippen LogP contribution in [0.4, 0.5) is 11.4 Å². The van der Waals surface area contributed by atoms with Gasteiger partial charge in [-0.05, 0) is 52.6 Å². The number of carbonyl (C=O) groups excluding carboxylic acids is 1. The van der Waals surface area contributed by atoms with Gasteiger partial charge in [0, 0.05) is 22.2 Å². The van der Waals surface area contributed by atoms with Gasteiger partial charge in [-0.25, -0.2) is 8.42 Å². The SMILES string of the molecule is O=C(Nc1ccc2c3c(cccc13)CC2)C1=C(c2ccccc2)c2ccccc2N(Cc2ccccc2)S1(=O)=O. The van der Waals surface area contributed by atoms with Crippen LogP contribution in [0, 0.1) is 0 Å². The van der Waals surface area contributed by atoms with Gasteiger partial charge in [0.1, 0.15) is 0 Å². The second kappa shape index (κ2) is 9.50. The first kappa shape index (κ1) is 24.4. The monoisotopic (exact) mass is 542 g/mol. The van der Waals surface area contributed by atoms with Crippen LogP contribution < -0.4 is 9.62 Å². The summed E-state index contributed by atoms with van der Waals surface area (Å²) in [6.07, 6.45) is 1.93. The molecule has 40 heavy (non-hydrogen) atoms. The Kier molecular flexibility index (Phi) is 5.79. The highest BCUT2D eigenvalue weighted by molar-refractivity contribution is 7.97. The van der Waals surface area contributed by atoms with E-state index in [0.717, 1.165) is 29.2 Å². The summed E-state index contributed by atoms with van der Waals surface area (Å²) in [5.74, 6) is -0.648. The number of nitrogens with zero attached hydrogens (tertiary/aromatic N) is 1. The predicted molar refractivity (Wildman–Crippen MR) is 160 cm³/mol. The van der Waals surface area contributed by atoms with Crippen molar-refractivity contribution in [1.29, 1.82) is 0 Å². The number of hydrogen-bond donors (Lipinski definition) is 1. The van der Waals surface area contributed by atoms with E-state index >= 15 is 0 Å². The van der Waals surface area contributed by atoms with E-state index in [2.05, 4.69) is 11.4 Å². The van der Waals surface area contributed by atoms with Crippen molar-refractivity contribution in [3.63, 3.8) is 0 Å². The number of anilines is 2. The Morgan fingerprint density at radius 1 is 0.725 bits per heavy atom. The van der Waals surface area contributed by atoms with Gasteiger partial charge in [0.2, 0.25) is 0 Å². The normalized spacial score (nSPS) is 15.2. The maximum Gasteiger partial charge on any atom is 0.270 e. The van der Waals surface area contributed by atoms with Crippen molar-refractivity contribution in [3.05, 3.63) is 148 Å². The molecule has 1 amide bonds. The molecule has 1 aliphatic heterocycles. The van der Waals surface area contributed by atoms with Gasteiger partial charge >= 0.3 is 0 Å². The summed E-state index contributed by atoms with van der Waals surface area (Å²) in [4.78, 5) is 14.0. The number of nitrogens with one attached hydrogen (secondary N) is 1. The molecular weight excluding hydrogens is 516 g/mol. The molecule has 0 saturated heterocycles. The van der Waals surface area contributed by atoms with Crippen molar-refractivity contribution >= 4 is 43.7 Å². The predicted octanol–water partition coefficient (Wildman–Crippen LogP) is 6.69. The van der Waals surface area contributed by atoms with Crippen LogP contribution in [0.5, 0.6) is 0 Å². The Morgan fingerprint density at radius 3 is 2.17 bits per heavy atom. The molecule has 0 saturated carbocycles. The van der Waals surface area contributed by atoms with Gasteiger partial charge < -0.3 is 5.32 Å². The van der Waals surface area contributed by atoms with Crippen molar-refractivity contribution in [1.82, 2.24) is 0 Å². The van der Waals surface area contributed by atoms with E-state index in [0.29, 0.717) is 28.1 Å². The molecule has 5 aromatic rings. The molecule has 0 radical (unpaired) electrons. The number of para-hydroxylation sites is 1. The van der Waals surface area contributed by atoms with Crippen molar-refractivity contribution < 1.29 is 13.2 Å². The molecule has 5 nitrogen and oxygen atoms in total. The summed E-state index contributed by atoms with van der Waals surface area (Å²) in [7, 11) is -4.25. The fraction of sp³-hybridized carbons (Fsp3) is 0.0882. The third kappa shape index (κ3) is 3.91. The number of hydrogen-bond acceptors (Lipinski definition) is 3. The van der Waals surface area contributed by atoms with Crippen LogP contribution in [-0.2, 0) is 34.2 Å². The summed E-state index contributed by atoms with van der Waals surface area (Å²) < 4.78 is 30.3. The lowest BCUT2D eigenvalue weighted by Gasteiger charge is -2.33. The number of amides is 1. The van der Waals surface area contributed by atoms with E-state index in [1.165, 1.54) is 15.4 Å². The van der Waals surface area contributed by atoms with Crippen LogP contribution in [-0.4, -0.2) is 14.3 Å². The first-order chi connectivity index (χ1) is 19.5. The van der Waals surface area contributed by atoms with Gasteiger partial charge in [-0.1, -0.05) is 103 Å². The lowest BCUT2D eigenvalue weighted by atomic mass is 9.95. The zero-order valence-electron chi connectivity index (χ0n) is 21.7. The molecule has 6 heteroatoms. The summed E-state index contributed by atoms with van der Waals surface area (Å²) in [6.45, 7) is 0.111. The Bertz CT molecular complexity index is 1920. The van der Waals surface area contributed by atoms with E-state index in [1.807, 2.05) is 103 Å². The fourth-order valence-electron chi connectivity index (χ4n) is 5.97. The van der Waals surface area contributed by atoms with Crippen molar-refractivity contribution in [2.45, 2.75) is 19.4 Å². The Hall–Kier alpha value is -4.68. The van der Waals surface area contributed by atoms with Crippen LogP contribution in [0.15, 0.2) is 120 Å². The zero-order valence-corrected chi connectivity index (χ0v) is 22.5. The van der Waals surface area contributed by atoms with E-state index < -0.39 is 15.9 Å². The number of rotatable bonds is 5. The van der Waals surface area contributed by atoms with Gasteiger partial charge in [-0.3, -0.25) is 9.10 Å². The largest absolute Gasteiger partial charge is 0.321 e. The van der Waals surface area contributed by atoms with E-state index in [1.54, 1.807) is 6.07 Å². The minimum Gasteiger partial charge on any atom is -0.321 e. The Labute approximate surface area is 233 Å². The molecule has 0 bridgehead atoms. The van der Waals surface area contributed by atoms with E-state index in [-0.39, 0.29) is 11.4 Å². The third-order valence-corrected chi connectivity index (χ3v) is 9.59. The number of benzene rings is 5. The molecule has 2 aliphatic rings. The van der Waals surface area contributed by atoms with Gasteiger partial charge in [0.05, 0.1) is 12.2 Å². The summed E-state index contributed by atoms with van der Waals surface area (Å²) in [5, 5.41) is 5.09. The van der Waals surface area contributed by atoms with Gasteiger partial charge in [-0.15, -0.1) is 0 Å². The highest BCUT2D eigenvalue weighted by atomic mass is 32.2. The number of fused-ring (bicyclic) bond motifs is 1. The van der Waals surface area contributed by atoms with Gasteiger partial charge in [0.15, 0.2) is 4.91 Å². The first-order valence-electron chi connectivity index (χ1n) is 13.3. The second-order valence-corrected chi connectivity index (χ2v) is 11.9. The zero-order chi connectivity index (χ0) is 27.3. The molecule has 0 unspecified atom stereocenters. The molecule has 5 aromatic carbocycles. The Balaban J connectivity index is 1.42. The molecule has 1 N–H and O–H groups in total. The number of aryl methyl sites for hydroxylation is 2. The van der Waals surface area contributed by atoms with Crippen LogP contribution in [0.3, 0.4) is 0 Å². The molecule has 0 fully saturated rings. The Morgan fingerprint density at radius 2 is 1.40 bits per heavy atom. The lowest BCUT2D eigenvalue weighted by molar-refractivity contribution is -0.112. The number of sulfonamides is 1. The van der Waals surface area contributed by atoms with Crippen molar-refractivity contribution in [2.24, 2.45) is 0 Å². The average molecular weight is 543 g/mol. The number of carbonyl (C=O) groups is 1. The van der Waals surface area contributed by atoms with Gasteiger partial charge in [-0.2, -0.15) is 0 Å². The summed E-state index contributed by atoms with van der Waals surface area (Å²) in [6, 6.07) is 36.1. The molecular formula is C34H26N2O3S. The molecule has 0 spiro atoms. The standard InChI is InChI=1S/C34H26N2O3S/c37-34(35-29-21-20-26-19-18-25-14-9-16-27(29)31(25)26)33-32(24-12-5-2-6-13-24)28-15-7-8-17-30(28)36(40(33,38)39)22-23-10-3-1-4-11-23/h1-17,20-21H,18-19,22H2,(H,35,37). The minimum absolute atomic E-state index is 0.111. The van der Waals surface area contributed by atoms with Crippen LogP contribution in [0.1, 0.15) is 27.8 Å². The van der Waals surface area contributed by atoms with Crippen LogP contribution >= 0.6 is 0 Å². The molecule has 0 atom stereocenters. The van der Waals surface area contributed by atoms with Crippen LogP contribution in [0.25, 0.3) is 16.3 Å². The smallest absolute Gasteiger partial charge is 0.270 e. The fourth-order valence-corrected chi connectivity index (χ4v) is 7.70. The molecule has 196 valence electrons. The quantitative estimate of drug-likeness (QED) is 0.269. The molecule has 0 aromatic heterocycles. The second-order valence-electron chi connectivity index (χ2n) is 10.2.